The monoisotopic (exact) mass is 280 g/mol. The number of nitrogen functional groups attached to an aromatic ring is 1. The molecule has 0 aliphatic carbocycles. The number of nitrogens with zero attached hydrogens (tertiary/aromatic N) is 1. The van der Waals surface area contributed by atoms with Crippen molar-refractivity contribution in [3.8, 4) is 0 Å². The lowest BCUT2D eigenvalue weighted by Crippen LogP contribution is -2.22. The van der Waals surface area contributed by atoms with Crippen LogP contribution in [0.1, 0.15) is 5.69 Å². The van der Waals surface area contributed by atoms with E-state index in [-0.39, 0.29) is 12.3 Å². The van der Waals surface area contributed by atoms with Gasteiger partial charge in [-0.2, -0.15) is 0 Å². The molecular weight excluding hydrogens is 264 g/mol. The van der Waals surface area contributed by atoms with Gasteiger partial charge in [0.1, 0.15) is 0 Å². The van der Waals surface area contributed by atoms with Crippen LogP contribution in [0.4, 0.5) is 11.4 Å². The maximum atomic E-state index is 10.9. The SMILES string of the molecule is Cc1cc2c(NCCS(N)(=O)=O)ccc(N)c2cn1. The number of nitrogens with one attached hydrogen (secondary N) is 1. The van der Waals surface area contributed by atoms with Crippen molar-refractivity contribution in [2.75, 3.05) is 23.3 Å². The minimum absolute atomic E-state index is 0.122. The van der Waals surface area contributed by atoms with E-state index in [1.807, 2.05) is 19.1 Å². The van der Waals surface area contributed by atoms with Gasteiger partial charge in [0.05, 0.1) is 5.75 Å². The first kappa shape index (κ1) is 13.6. The van der Waals surface area contributed by atoms with Gasteiger partial charge in [0, 0.05) is 40.6 Å². The van der Waals surface area contributed by atoms with E-state index in [1.54, 1.807) is 12.3 Å². The normalized spacial score (nSPS) is 11.7. The number of hydrogen-bond acceptors (Lipinski definition) is 5. The van der Waals surface area contributed by atoms with Gasteiger partial charge in [0.25, 0.3) is 0 Å². The molecule has 102 valence electrons. The Labute approximate surface area is 111 Å². The fraction of sp³-hybridized carbons (Fsp3) is 0.250. The summed E-state index contributed by atoms with van der Waals surface area (Å²) in [6, 6.07) is 5.49. The third-order valence-corrected chi connectivity index (χ3v) is 3.55. The molecule has 2 rings (SSSR count). The minimum Gasteiger partial charge on any atom is -0.398 e. The number of aromatic nitrogens is 1. The highest BCUT2D eigenvalue weighted by Gasteiger charge is 2.07. The highest BCUT2D eigenvalue weighted by molar-refractivity contribution is 7.89. The molecule has 0 unspecified atom stereocenters. The number of sulfonamides is 1. The van der Waals surface area contributed by atoms with E-state index in [0.717, 1.165) is 22.2 Å². The van der Waals surface area contributed by atoms with Gasteiger partial charge in [-0.15, -0.1) is 0 Å². The van der Waals surface area contributed by atoms with Crippen LogP contribution >= 0.6 is 0 Å². The van der Waals surface area contributed by atoms with Gasteiger partial charge in [0.15, 0.2) is 0 Å². The lowest BCUT2D eigenvalue weighted by molar-refractivity contribution is 0.598. The maximum Gasteiger partial charge on any atom is 0.210 e. The van der Waals surface area contributed by atoms with Crippen molar-refractivity contribution in [3.63, 3.8) is 0 Å². The molecule has 5 N–H and O–H groups in total. The van der Waals surface area contributed by atoms with Crippen molar-refractivity contribution in [1.82, 2.24) is 4.98 Å². The van der Waals surface area contributed by atoms with Crippen LogP contribution in [0.3, 0.4) is 0 Å². The third kappa shape index (κ3) is 3.33. The van der Waals surface area contributed by atoms with Gasteiger partial charge < -0.3 is 11.1 Å². The van der Waals surface area contributed by atoms with Crippen molar-refractivity contribution < 1.29 is 8.42 Å². The summed E-state index contributed by atoms with van der Waals surface area (Å²) < 4.78 is 21.8. The fourth-order valence-corrected chi connectivity index (χ4v) is 2.23. The van der Waals surface area contributed by atoms with Gasteiger partial charge in [-0.1, -0.05) is 0 Å². The second-order valence-electron chi connectivity index (χ2n) is 4.37. The second kappa shape index (κ2) is 5.02. The number of nitrogens with two attached hydrogens (primary N) is 2. The Balaban J connectivity index is 2.33. The topological polar surface area (TPSA) is 111 Å². The van der Waals surface area contributed by atoms with E-state index in [9.17, 15) is 8.42 Å². The van der Waals surface area contributed by atoms with Crippen LogP contribution in [0, 0.1) is 6.92 Å². The zero-order valence-electron chi connectivity index (χ0n) is 10.6. The van der Waals surface area contributed by atoms with Gasteiger partial charge in [0.2, 0.25) is 10.0 Å². The molecule has 6 nitrogen and oxygen atoms in total. The van der Waals surface area contributed by atoms with Gasteiger partial charge in [-0.3, -0.25) is 4.98 Å². The summed E-state index contributed by atoms with van der Waals surface area (Å²) in [5.74, 6) is -0.122. The first-order chi connectivity index (χ1) is 8.87. The summed E-state index contributed by atoms with van der Waals surface area (Å²) in [6.45, 7) is 2.13. The number of primary sulfonamides is 1. The van der Waals surface area contributed by atoms with Crippen LogP contribution in [-0.2, 0) is 10.0 Å². The van der Waals surface area contributed by atoms with Crippen LogP contribution in [0.25, 0.3) is 10.8 Å². The Morgan fingerprint density at radius 2 is 2.05 bits per heavy atom. The number of benzene rings is 1. The van der Waals surface area contributed by atoms with E-state index in [1.165, 1.54) is 0 Å². The minimum atomic E-state index is -3.46. The average molecular weight is 280 g/mol. The number of rotatable bonds is 4. The second-order valence-corrected chi connectivity index (χ2v) is 6.10. The largest absolute Gasteiger partial charge is 0.398 e. The quantitative estimate of drug-likeness (QED) is 0.718. The molecule has 0 radical (unpaired) electrons. The Kier molecular flexibility index (Phi) is 3.59. The standard InChI is InChI=1S/C12H16N4O2S/c1-8-6-9-10(7-16-8)11(13)2-3-12(9)15-4-5-19(14,17)18/h2-3,6-7,15H,4-5,13H2,1H3,(H2,14,17,18). The molecule has 0 spiro atoms. The Bertz CT molecular complexity index is 713. The predicted molar refractivity (Wildman–Crippen MR) is 77.4 cm³/mol. The van der Waals surface area contributed by atoms with E-state index in [2.05, 4.69) is 10.3 Å². The molecule has 0 atom stereocenters. The van der Waals surface area contributed by atoms with E-state index in [4.69, 9.17) is 10.9 Å². The molecule has 0 bridgehead atoms. The van der Waals surface area contributed by atoms with Gasteiger partial charge in [-0.25, -0.2) is 13.6 Å². The average Bonchev–Trinajstić information content (AvgIpc) is 2.30. The Morgan fingerprint density at radius 3 is 2.74 bits per heavy atom. The first-order valence-electron chi connectivity index (χ1n) is 5.76. The molecule has 1 heterocycles. The summed E-state index contributed by atoms with van der Waals surface area (Å²) in [7, 11) is -3.46. The molecule has 0 saturated carbocycles. The predicted octanol–water partition coefficient (Wildman–Crippen LogP) is 0.826. The number of hydrogen-bond donors (Lipinski definition) is 3. The van der Waals surface area contributed by atoms with Crippen LogP contribution in [-0.4, -0.2) is 25.7 Å². The zero-order chi connectivity index (χ0) is 14.0. The van der Waals surface area contributed by atoms with Crippen molar-refractivity contribution >= 4 is 32.2 Å². The highest BCUT2D eigenvalue weighted by atomic mass is 32.2. The first-order valence-corrected chi connectivity index (χ1v) is 7.47. The van der Waals surface area contributed by atoms with E-state index < -0.39 is 10.0 Å². The van der Waals surface area contributed by atoms with Gasteiger partial charge in [-0.05, 0) is 25.1 Å². The lowest BCUT2D eigenvalue weighted by Gasteiger charge is -2.11. The summed E-state index contributed by atoms with van der Waals surface area (Å²) in [6.07, 6.45) is 1.71. The molecule has 0 saturated heterocycles. The highest BCUT2D eigenvalue weighted by Crippen LogP contribution is 2.28. The lowest BCUT2D eigenvalue weighted by atomic mass is 10.1. The van der Waals surface area contributed by atoms with E-state index in [0.29, 0.717) is 5.69 Å². The summed E-state index contributed by atoms with van der Waals surface area (Å²) >= 11 is 0. The van der Waals surface area contributed by atoms with Gasteiger partial charge >= 0.3 is 0 Å². The Morgan fingerprint density at radius 1 is 1.32 bits per heavy atom. The van der Waals surface area contributed by atoms with Crippen LogP contribution in [0.15, 0.2) is 24.4 Å². The van der Waals surface area contributed by atoms with Crippen LogP contribution in [0.2, 0.25) is 0 Å². The smallest absolute Gasteiger partial charge is 0.210 e. The van der Waals surface area contributed by atoms with E-state index >= 15 is 0 Å². The Hall–Kier alpha value is -1.86. The summed E-state index contributed by atoms with van der Waals surface area (Å²) in [5.41, 5.74) is 8.21. The number of pyridine rings is 1. The summed E-state index contributed by atoms with van der Waals surface area (Å²) in [5, 5.41) is 9.78. The molecule has 0 aliphatic rings. The molecular formula is C12H16N4O2S. The number of fused-ring (bicyclic) bond motifs is 1. The third-order valence-electron chi connectivity index (χ3n) is 2.77. The van der Waals surface area contributed by atoms with Crippen molar-refractivity contribution in [1.29, 1.82) is 0 Å². The fourth-order valence-electron chi connectivity index (χ4n) is 1.85. The van der Waals surface area contributed by atoms with Crippen LogP contribution in [0.5, 0.6) is 0 Å². The van der Waals surface area contributed by atoms with Crippen molar-refractivity contribution in [2.45, 2.75) is 6.92 Å². The summed E-state index contributed by atoms with van der Waals surface area (Å²) in [4.78, 5) is 4.21. The number of aryl methyl sites for hydroxylation is 1. The molecule has 19 heavy (non-hydrogen) atoms. The van der Waals surface area contributed by atoms with Crippen molar-refractivity contribution in [3.05, 3.63) is 30.1 Å². The molecule has 0 fully saturated rings. The van der Waals surface area contributed by atoms with Crippen LogP contribution < -0.4 is 16.2 Å². The zero-order valence-corrected chi connectivity index (χ0v) is 11.4. The molecule has 1 aromatic heterocycles. The maximum absolute atomic E-state index is 10.9. The molecule has 0 aliphatic heterocycles. The number of anilines is 2. The molecule has 1 aromatic carbocycles. The van der Waals surface area contributed by atoms with Crippen molar-refractivity contribution in [2.24, 2.45) is 5.14 Å². The molecule has 2 aromatic rings. The molecule has 7 heteroatoms. The molecule has 0 amide bonds.